The lowest BCUT2D eigenvalue weighted by Crippen LogP contribution is -2.80. The summed E-state index contributed by atoms with van der Waals surface area (Å²) in [5.74, 6) is 0. The Kier molecular flexibility index (Phi) is 12.2. The molecule has 6 rings (SSSR count). The molecular formula is C38H74N8O2S. The Morgan fingerprint density at radius 2 is 0.816 bits per heavy atom. The monoisotopic (exact) mass is 707 g/mol. The predicted octanol–water partition coefficient (Wildman–Crippen LogP) is 3.01. The molecule has 10 nitrogen and oxygen atoms in total. The molecule has 1 atom stereocenters. The molecule has 0 N–H and O–H groups in total. The zero-order valence-electron chi connectivity index (χ0n) is 32.7. The molecule has 6 aliphatic heterocycles. The Bertz CT molecular complexity index is 1150. The summed E-state index contributed by atoms with van der Waals surface area (Å²) >= 11 is 0. The van der Waals surface area contributed by atoms with E-state index in [0.717, 1.165) is 51.4 Å². The molecule has 6 aliphatic rings. The third kappa shape index (κ3) is 7.96. The van der Waals surface area contributed by atoms with E-state index >= 15 is 0 Å². The van der Waals surface area contributed by atoms with E-state index < -0.39 is 10.0 Å². The minimum atomic E-state index is -3.10. The van der Waals surface area contributed by atoms with Crippen LogP contribution in [0.4, 0.5) is 0 Å². The van der Waals surface area contributed by atoms with Crippen molar-refractivity contribution in [3.63, 3.8) is 0 Å². The Hall–Kier alpha value is -0.370. The van der Waals surface area contributed by atoms with Gasteiger partial charge in [-0.05, 0) is 119 Å². The fraction of sp³-hybridized carbons (Fsp3) is 1.00. The predicted molar refractivity (Wildman–Crippen MR) is 203 cm³/mol. The second kappa shape index (κ2) is 15.5. The van der Waals surface area contributed by atoms with Gasteiger partial charge < -0.3 is 9.80 Å². The molecule has 284 valence electrons. The largest absolute Gasteiger partial charge is 0.306 e. The van der Waals surface area contributed by atoms with Crippen LogP contribution in [0, 0.1) is 0 Å². The first-order valence-corrected chi connectivity index (χ1v) is 22.2. The number of likely N-dealkylation sites (tertiary alicyclic amines) is 4. The zero-order valence-corrected chi connectivity index (χ0v) is 33.5. The normalized spacial score (nSPS) is 29.8. The van der Waals surface area contributed by atoms with Gasteiger partial charge in [0.2, 0.25) is 10.0 Å². The first kappa shape index (κ1) is 38.4. The van der Waals surface area contributed by atoms with Crippen molar-refractivity contribution in [1.29, 1.82) is 0 Å². The van der Waals surface area contributed by atoms with Crippen LogP contribution in [0.1, 0.15) is 92.4 Å². The first-order chi connectivity index (χ1) is 23.2. The van der Waals surface area contributed by atoms with Gasteiger partial charge in [-0.2, -0.15) is 4.31 Å². The smallest absolute Gasteiger partial charge is 0.211 e. The van der Waals surface area contributed by atoms with E-state index in [4.69, 9.17) is 0 Å². The molecule has 1 unspecified atom stereocenters. The van der Waals surface area contributed by atoms with Gasteiger partial charge in [-0.3, -0.25) is 24.5 Å². The van der Waals surface area contributed by atoms with Crippen molar-refractivity contribution >= 4 is 10.0 Å². The lowest BCUT2D eigenvalue weighted by Gasteiger charge is -2.67. The van der Waals surface area contributed by atoms with Gasteiger partial charge in [0.25, 0.3) is 0 Å². The summed E-state index contributed by atoms with van der Waals surface area (Å²) < 4.78 is 26.0. The average molecular weight is 707 g/mol. The van der Waals surface area contributed by atoms with Gasteiger partial charge in [0.15, 0.2) is 0 Å². The lowest BCUT2D eigenvalue weighted by atomic mass is 9.64. The summed E-state index contributed by atoms with van der Waals surface area (Å²) in [5, 5.41) is 0. The van der Waals surface area contributed by atoms with E-state index in [1.165, 1.54) is 116 Å². The molecule has 11 heteroatoms. The molecule has 6 fully saturated rings. The quantitative estimate of drug-likeness (QED) is 0.361. The van der Waals surface area contributed by atoms with Crippen molar-refractivity contribution in [2.24, 2.45) is 0 Å². The Labute approximate surface area is 301 Å². The molecule has 0 aromatic carbocycles. The molecule has 0 amide bonds. The van der Waals surface area contributed by atoms with Crippen LogP contribution in [-0.4, -0.2) is 200 Å². The van der Waals surface area contributed by atoms with Gasteiger partial charge in [0.05, 0.1) is 11.8 Å². The second-order valence-electron chi connectivity index (χ2n) is 18.0. The molecular weight excluding hydrogens is 633 g/mol. The number of hydrogen-bond donors (Lipinski definition) is 0. The van der Waals surface area contributed by atoms with E-state index in [9.17, 15) is 8.42 Å². The van der Waals surface area contributed by atoms with Crippen LogP contribution >= 0.6 is 0 Å². The van der Waals surface area contributed by atoms with Crippen LogP contribution in [0.15, 0.2) is 0 Å². The fourth-order valence-electron chi connectivity index (χ4n) is 11.3. The third-order valence-electron chi connectivity index (χ3n) is 15.2. The van der Waals surface area contributed by atoms with Crippen molar-refractivity contribution in [1.82, 2.24) is 38.6 Å². The highest BCUT2D eigenvalue weighted by atomic mass is 32.2. The molecule has 49 heavy (non-hydrogen) atoms. The zero-order chi connectivity index (χ0) is 35.0. The van der Waals surface area contributed by atoms with Crippen LogP contribution in [0.5, 0.6) is 0 Å². The second-order valence-corrected chi connectivity index (χ2v) is 20.0. The maximum atomic E-state index is 12.2. The summed E-state index contributed by atoms with van der Waals surface area (Å²) in [4.78, 5) is 19.5. The number of piperazine rings is 2. The maximum absolute atomic E-state index is 12.2. The summed E-state index contributed by atoms with van der Waals surface area (Å²) in [6.07, 6.45) is 13.1. The molecule has 0 spiro atoms. The fourth-order valence-corrected chi connectivity index (χ4v) is 12.1. The minimum absolute atomic E-state index is 0.00239. The molecule has 0 bridgehead atoms. The van der Waals surface area contributed by atoms with Crippen LogP contribution in [0.3, 0.4) is 0 Å². The van der Waals surface area contributed by atoms with Crippen molar-refractivity contribution in [2.75, 3.05) is 118 Å². The topological polar surface area (TPSA) is 60.1 Å². The minimum Gasteiger partial charge on any atom is -0.306 e. The Morgan fingerprint density at radius 3 is 1.27 bits per heavy atom. The number of piperidine rings is 4. The van der Waals surface area contributed by atoms with Crippen molar-refractivity contribution < 1.29 is 8.42 Å². The molecule has 6 saturated heterocycles. The highest BCUT2D eigenvalue weighted by molar-refractivity contribution is 7.88. The molecule has 0 radical (unpaired) electrons. The van der Waals surface area contributed by atoms with Crippen LogP contribution in [-0.2, 0) is 10.0 Å². The summed E-state index contributed by atoms with van der Waals surface area (Å²) in [7, 11) is -0.828. The highest BCUT2D eigenvalue weighted by Gasteiger charge is 2.60. The standard InChI is InChI=1S/C38H74N8O2S/c1-36(2,43-21-13-34(14-22-43)40-17-9-8-10-18-40)38(5,37(3,4)44-29-25-41(26-30-44)33-11-19-39(6)20-12-33)45-23-15-35(16-24-45)42-27-31-46(32-28-42)49(7,47)48/h33-35H,8-32H2,1-7H3. The van der Waals surface area contributed by atoms with Crippen molar-refractivity contribution in [2.45, 2.75) is 127 Å². The maximum Gasteiger partial charge on any atom is 0.211 e. The number of rotatable bonds is 9. The summed E-state index contributed by atoms with van der Waals surface area (Å²) in [6.45, 7) is 30.4. The van der Waals surface area contributed by atoms with Crippen LogP contribution in [0.2, 0.25) is 0 Å². The van der Waals surface area contributed by atoms with Gasteiger partial charge in [-0.15, -0.1) is 0 Å². The van der Waals surface area contributed by atoms with Gasteiger partial charge in [-0.25, -0.2) is 8.42 Å². The van der Waals surface area contributed by atoms with Crippen molar-refractivity contribution in [3.05, 3.63) is 0 Å². The first-order valence-electron chi connectivity index (χ1n) is 20.3. The van der Waals surface area contributed by atoms with Gasteiger partial charge in [-0.1, -0.05) is 6.42 Å². The van der Waals surface area contributed by atoms with Crippen LogP contribution < -0.4 is 0 Å². The van der Waals surface area contributed by atoms with E-state index in [2.05, 4.69) is 76.0 Å². The molecule has 0 aromatic heterocycles. The van der Waals surface area contributed by atoms with Gasteiger partial charge in [0.1, 0.15) is 0 Å². The SMILES string of the molecule is CN1CCC(N2CCN(C(C)(C)C(C)(N3CCC(N4CCN(S(C)(=O)=O)CC4)CC3)C(C)(C)N3CCC(N4CCCCC4)CC3)CC2)CC1. The molecule has 0 aromatic rings. The van der Waals surface area contributed by atoms with E-state index in [1.807, 2.05) is 0 Å². The summed E-state index contributed by atoms with van der Waals surface area (Å²) in [5.41, 5.74) is -0.0525. The van der Waals surface area contributed by atoms with E-state index in [1.54, 1.807) is 4.31 Å². The third-order valence-corrected chi connectivity index (χ3v) is 16.5. The Balaban J connectivity index is 1.17. The summed E-state index contributed by atoms with van der Waals surface area (Å²) in [6, 6.07) is 2.06. The number of nitrogens with zero attached hydrogens (tertiary/aromatic N) is 8. The molecule has 6 heterocycles. The number of sulfonamides is 1. The molecule has 0 saturated carbocycles. The van der Waals surface area contributed by atoms with Crippen LogP contribution in [0.25, 0.3) is 0 Å². The number of hydrogen-bond acceptors (Lipinski definition) is 9. The van der Waals surface area contributed by atoms with Gasteiger partial charge >= 0.3 is 0 Å². The highest BCUT2D eigenvalue weighted by Crippen LogP contribution is 2.47. The van der Waals surface area contributed by atoms with E-state index in [-0.39, 0.29) is 16.6 Å². The molecule has 0 aliphatic carbocycles. The van der Waals surface area contributed by atoms with Crippen molar-refractivity contribution in [3.8, 4) is 0 Å². The van der Waals surface area contributed by atoms with Gasteiger partial charge in [0, 0.05) is 108 Å². The van der Waals surface area contributed by atoms with E-state index in [0.29, 0.717) is 19.1 Å². The Morgan fingerprint density at radius 1 is 0.449 bits per heavy atom. The lowest BCUT2D eigenvalue weighted by molar-refractivity contribution is -0.152. The average Bonchev–Trinajstić information content (AvgIpc) is 3.11.